The Kier molecular flexibility index (Phi) is 6.03. The van der Waals surface area contributed by atoms with Gasteiger partial charge in [0, 0.05) is 43.9 Å². The summed E-state index contributed by atoms with van der Waals surface area (Å²) in [6.45, 7) is 9.43. The second kappa shape index (κ2) is 8.18. The lowest BCUT2D eigenvalue weighted by molar-refractivity contribution is -0.137. The summed E-state index contributed by atoms with van der Waals surface area (Å²) in [4.78, 5) is 17.4. The molecule has 5 nitrogen and oxygen atoms in total. The summed E-state index contributed by atoms with van der Waals surface area (Å²) in [6, 6.07) is 4.97. The van der Waals surface area contributed by atoms with Crippen molar-refractivity contribution in [2.45, 2.75) is 33.5 Å². The minimum atomic E-state index is -4.39. The molecular weight excluding hydrogens is 381 g/mol. The van der Waals surface area contributed by atoms with Crippen molar-refractivity contribution in [2.24, 2.45) is 5.92 Å². The van der Waals surface area contributed by atoms with E-state index in [1.807, 2.05) is 27.8 Å². The summed E-state index contributed by atoms with van der Waals surface area (Å²) in [5.74, 6) is 0.212. The Morgan fingerprint density at radius 1 is 1.07 bits per heavy atom. The molecule has 1 aliphatic rings. The molecule has 8 heteroatoms. The highest BCUT2D eigenvalue weighted by Gasteiger charge is 2.30. The smallest absolute Gasteiger partial charge is 0.364 e. The number of nitrogens with zero attached hydrogens (tertiary/aromatic N) is 4. The molecule has 1 aromatic carbocycles. The summed E-state index contributed by atoms with van der Waals surface area (Å²) in [7, 11) is 2.04. The number of hydrogen-bond donors (Lipinski definition) is 0. The van der Waals surface area contributed by atoms with E-state index in [0.29, 0.717) is 29.1 Å². The summed E-state index contributed by atoms with van der Waals surface area (Å²) in [5.41, 5.74) is 1.59. The van der Waals surface area contributed by atoms with Gasteiger partial charge in [-0.05, 0) is 32.0 Å². The molecule has 1 aromatic heterocycles. The van der Waals surface area contributed by atoms with E-state index in [2.05, 4.69) is 14.9 Å². The van der Waals surface area contributed by atoms with E-state index in [0.717, 1.165) is 38.3 Å². The normalized spacial score (nSPS) is 15.9. The van der Waals surface area contributed by atoms with Crippen LogP contribution in [-0.2, 0) is 12.7 Å². The van der Waals surface area contributed by atoms with Crippen LogP contribution in [0.1, 0.15) is 25.0 Å². The maximum atomic E-state index is 13.2. The molecule has 0 amide bonds. The fourth-order valence-electron chi connectivity index (χ4n) is 3.60. The van der Waals surface area contributed by atoms with Gasteiger partial charge in [-0.15, -0.1) is 0 Å². The first-order valence-corrected chi connectivity index (χ1v) is 9.80. The predicted molar refractivity (Wildman–Crippen MR) is 108 cm³/mol. The lowest BCUT2D eigenvalue weighted by Crippen LogP contribution is -2.47. The Morgan fingerprint density at radius 2 is 1.66 bits per heavy atom. The second-order valence-electron chi connectivity index (χ2n) is 8.07. The Morgan fingerprint density at radius 3 is 2.17 bits per heavy atom. The lowest BCUT2D eigenvalue weighted by Gasteiger charge is -2.34. The van der Waals surface area contributed by atoms with Crippen LogP contribution in [0.5, 0.6) is 0 Å². The zero-order valence-electron chi connectivity index (χ0n) is 17.3. The standard InChI is InChI=1S/C21H27F3N4O/c1-14(2)13-28-20(29)19(27-11-9-26(4)10-12-27)15(3)18(25-28)16-5-7-17(8-6-16)21(22,23)24/h5-8,14H,9-13H2,1-4H3. The molecule has 158 valence electrons. The zero-order valence-corrected chi connectivity index (χ0v) is 17.3. The van der Waals surface area contributed by atoms with Crippen LogP contribution in [0.2, 0.25) is 0 Å². The van der Waals surface area contributed by atoms with E-state index in [9.17, 15) is 18.0 Å². The largest absolute Gasteiger partial charge is 0.416 e. The van der Waals surface area contributed by atoms with Crippen molar-refractivity contribution in [3.8, 4) is 11.3 Å². The first-order valence-electron chi connectivity index (χ1n) is 9.80. The van der Waals surface area contributed by atoms with Crippen molar-refractivity contribution < 1.29 is 13.2 Å². The van der Waals surface area contributed by atoms with E-state index in [-0.39, 0.29) is 11.5 Å². The highest BCUT2D eigenvalue weighted by atomic mass is 19.4. The molecule has 1 fully saturated rings. The number of anilines is 1. The predicted octanol–water partition coefficient (Wildman–Crippen LogP) is 3.65. The number of likely N-dealkylation sites (N-methyl/N-ethyl adjacent to an activating group) is 1. The van der Waals surface area contributed by atoms with Crippen molar-refractivity contribution in [3.63, 3.8) is 0 Å². The van der Waals surface area contributed by atoms with Gasteiger partial charge in [0.15, 0.2) is 0 Å². The van der Waals surface area contributed by atoms with E-state index < -0.39 is 11.7 Å². The molecule has 0 spiro atoms. The van der Waals surface area contributed by atoms with Gasteiger partial charge in [0.25, 0.3) is 5.56 Å². The van der Waals surface area contributed by atoms with Gasteiger partial charge >= 0.3 is 6.18 Å². The molecule has 1 aliphatic heterocycles. The number of hydrogen-bond acceptors (Lipinski definition) is 4. The molecule has 0 N–H and O–H groups in total. The first-order chi connectivity index (χ1) is 13.6. The minimum Gasteiger partial charge on any atom is -0.364 e. The van der Waals surface area contributed by atoms with Crippen LogP contribution in [0, 0.1) is 12.8 Å². The average Bonchev–Trinajstić information content (AvgIpc) is 2.65. The fourth-order valence-corrected chi connectivity index (χ4v) is 3.60. The Labute approximate surface area is 168 Å². The molecule has 2 aromatic rings. The number of alkyl halides is 3. The third-order valence-electron chi connectivity index (χ3n) is 5.21. The number of aromatic nitrogens is 2. The Balaban J connectivity index is 2.11. The topological polar surface area (TPSA) is 41.4 Å². The van der Waals surface area contributed by atoms with Crippen LogP contribution in [0.25, 0.3) is 11.3 Å². The molecule has 0 bridgehead atoms. The van der Waals surface area contributed by atoms with E-state index >= 15 is 0 Å². The number of rotatable bonds is 4. The molecule has 0 radical (unpaired) electrons. The van der Waals surface area contributed by atoms with Gasteiger partial charge in [0.05, 0.1) is 11.3 Å². The van der Waals surface area contributed by atoms with Crippen molar-refractivity contribution in [1.82, 2.24) is 14.7 Å². The molecule has 1 saturated heterocycles. The van der Waals surface area contributed by atoms with Crippen LogP contribution in [0.4, 0.5) is 18.9 Å². The summed E-state index contributed by atoms with van der Waals surface area (Å²) in [6.07, 6.45) is -4.39. The third kappa shape index (κ3) is 4.63. The molecule has 0 unspecified atom stereocenters. The van der Waals surface area contributed by atoms with Crippen molar-refractivity contribution in [1.29, 1.82) is 0 Å². The van der Waals surface area contributed by atoms with Crippen LogP contribution < -0.4 is 10.5 Å². The minimum absolute atomic E-state index is 0.142. The van der Waals surface area contributed by atoms with Gasteiger partial charge in [-0.1, -0.05) is 26.0 Å². The van der Waals surface area contributed by atoms with Crippen LogP contribution >= 0.6 is 0 Å². The van der Waals surface area contributed by atoms with Crippen molar-refractivity contribution in [2.75, 3.05) is 38.1 Å². The summed E-state index contributed by atoms with van der Waals surface area (Å²) in [5, 5.41) is 4.53. The zero-order chi connectivity index (χ0) is 21.3. The maximum absolute atomic E-state index is 13.2. The molecule has 0 aliphatic carbocycles. The van der Waals surface area contributed by atoms with Crippen LogP contribution in [-0.4, -0.2) is 47.9 Å². The van der Waals surface area contributed by atoms with E-state index in [1.165, 1.54) is 16.8 Å². The summed E-state index contributed by atoms with van der Waals surface area (Å²) >= 11 is 0. The first kappa shape index (κ1) is 21.4. The van der Waals surface area contributed by atoms with E-state index in [1.54, 1.807) is 0 Å². The molecule has 3 rings (SSSR count). The number of benzene rings is 1. The van der Waals surface area contributed by atoms with Crippen molar-refractivity contribution in [3.05, 3.63) is 45.7 Å². The lowest BCUT2D eigenvalue weighted by atomic mass is 10.0. The SMILES string of the molecule is Cc1c(-c2ccc(C(F)(F)F)cc2)nn(CC(C)C)c(=O)c1N1CCN(C)CC1. The Bertz CT molecular complexity index is 911. The molecular formula is C21H27F3N4O. The van der Waals surface area contributed by atoms with Gasteiger partial charge < -0.3 is 9.80 Å². The molecule has 0 saturated carbocycles. The maximum Gasteiger partial charge on any atom is 0.416 e. The highest BCUT2D eigenvalue weighted by molar-refractivity contribution is 5.70. The monoisotopic (exact) mass is 408 g/mol. The average molecular weight is 408 g/mol. The number of piperazine rings is 1. The highest BCUT2D eigenvalue weighted by Crippen LogP contribution is 2.32. The quantitative estimate of drug-likeness (QED) is 0.775. The van der Waals surface area contributed by atoms with E-state index in [4.69, 9.17) is 0 Å². The van der Waals surface area contributed by atoms with Gasteiger partial charge in [0.1, 0.15) is 5.69 Å². The Hall–Kier alpha value is -2.35. The second-order valence-corrected chi connectivity index (χ2v) is 8.07. The van der Waals surface area contributed by atoms with Gasteiger partial charge in [-0.25, -0.2) is 4.68 Å². The van der Waals surface area contributed by atoms with Crippen molar-refractivity contribution >= 4 is 5.69 Å². The van der Waals surface area contributed by atoms with Gasteiger partial charge in [-0.3, -0.25) is 4.79 Å². The van der Waals surface area contributed by atoms with Crippen LogP contribution in [0.15, 0.2) is 29.1 Å². The third-order valence-corrected chi connectivity index (χ3v) is 5.21. The number of halogens is 3. The summed E-state index contributed by atoms with van der Waals surface area (Å²) < 4.78 is 40.2. The van der Waals surface area contributed by atoms with Crippen LogP contribution in [0.3, 0.4) is 0 Å². The molecule has 2 heterocycles. The van der Waals surface area contributed by atoms with Gasteiger partial charge in [-0.2, -0.15) is 18.3 Å². The van der Waals surface area contributed by atoms with Gasteiger partial charge in [0.2, 0.25) is 0 Å². The molecule has 0 atom stereocenters. The molecule has 29 heavy (non-hydrogen) atoms. The fraction of sp³-hybridized carbons (Fsp3) is 0.524.